The molecule has 0 amide bonds. The van der Waals surface area contributed by atoms with E-state index in [1.54, 1.807) is 0 Å². The van der Waals surface area contributed by atoms with Crippen molar-refractivity contribution in [2.45, 2.75) is 46.5 Å². The number of aryl methyl sites for hydroxylation is 1. The Kier molecular flexibility index (Phi) is 9.41. The van der Waals surface area contributed by atoms with Gasteiger partial charge in [0.25, 0.3) is 0 Å². The molecule has 1 aromatic heterocycles. The monoisotopic (exact) mass is 311 g/mol. The maximum atomic E-state index is 5.58. The van der Waals surface area contributed by atoms with Crippen molar-refractivity contribution >= 4 is 11.9 Å². The van der Waals surface area contributed by atoms with Crippen molar-refractivity contribution in [1.29, 1.82) is 0 Å². The Balaban J connectivity index is 2.46. The Bertz CT molecular complexity index is 417. The minimum absolute atomic E-state index is 0.402. The molecule has 0 atom stereocenters. The quantitative estimate of drug-likeness (QED) is 0.470. The lowest BCUT2D eigenvalue weighted by Gasteiger charge is -2.18. The minimum Gasteiger partial charge on any atom is -0.361 e. The van der Waals surface area contributed by atoms with E-state index in [9.17, 15) is 0 Å². The van der Waals surface area contributed by atoms with E-state index in [0.717, 1.165) is 38.9 Å². The van der Waals surface area contributed by atoms with Gasteiger partial charge in [-0.2, -0.15) is 15.0 Å². The van der Waals surface area contributed by atoms with Crippen molar-refractivity contribution < 1.29 is 9.47 Å². The van der Waals surface area contributed by atoms with Gasteiger partial charge in [0, 0.05) is 20.3 Å². The van der Waals surface area contributed by atoms with Crippen LogP contribution in [0.2, 0.25) is 0 Å². The third-order valence-electron chi connectivity index (χ3n) is 2.98. The van der Waals surface area contributed by atoms with Crippen LogP contribution in [0.3, 0.4) is 0 Å². The van der Waals surface area contributed by atoms with Crippen LogP contribution >= 0.6 is 0 Å². The number of unbranched alkanes of at least 4 members (excludes halogenated alkanes) is 2. The number of aromatic nitrogens is 3. The van der Waals surface area contributed by atoms with Gasteiger partial charge in [0.15, 0.2) is 0 Å². The van der Waals surface area contributed by atoms with Gasteiger partial charge in [-0.3, -0.25) is 0 Å². The molecule has 1 N–H and O–H groups in total. The minimum atomic E-state index is 0.402. The van der Waals surface area contributed by atoms with Crippen LogP contribution in [0, 0.1) is 6.92 Å². The van der Waals surface area contributed by atoms with Crippen molar-refractivity contribution in [3.8, 4) is 0 Å². The molecule has 0 aliphatic rings. The molecule has 1 rings (SSSR count). The van der Waals surface area contributed by atoms with E-state index in [2.05, 4.69) is 34.1 Å². The maximum Gasteiger partial charge on any atom is 0.231 e. The van der Waals surface area contributed by atoms with E-state index in [4.69, 9.17) is 9.47 Å². The molecule has 7 nitrogen and oxygen atoms in total. The van der Waals surface area contributed by atoms with Crippen LogP contribution in [0.4, 0.5) is 11.9 Å². The van der Waals surface area contributed by atoms with Gasteiger partial charge in [-0.15, -0.1) is 0 Å². The Morgan fingerprint density at radius 1 is 1.00 bits per heavy atom. The average Bonchev–Trinajstić information content (AvgIpc) is 2.50. The number of nitrogens with one attached hydrogen (secondary N) is 1. The van der Waals surface area contributed by atoms with Crippen molar-refractivity contribution in [3.63, 3.8) is 0 Å². The Morgan fingerprint density at radius 2 is 1.68 bits per heavy atom. The van der Waals surface area contributed by atoms with Gasteiger partial charge in [-0.1, -0.05) is 26.7 Å². The molecule has 0 aromatic carbocycles. The Morgan fingerprint density at radius 3 is 2.36 bits per heavy atom. The summed E-state index contributed by atoms with van der Waals surface area (Å²) in [6.45, 7) is 8.49. The first-order chi connectivity index (χ1) is 10.7. The molecule has 0 saturated heterocycles. The van der Waals surface area contributed by atoms with E-state index in [-0.39, 0.29) is 0 Å². The molecule has 0 aliphatic heterocycles. The number of hydrogen-bond acceptors (Lipinski definition) is 7. The zero-order chi connectivity index (χ0) is 16.2. The fraction of sp³-hybridized carbons (Fsp3) is 0.800. The normalized spacial score (nSPS) is 10.7. The van der Waals surface area contributed by atoms with Gasteiger partial charge in [-0.05, 0) is 19.8 Å². The van der Waals surface area contributed by atoms with Crippen molar-refractivity contribution in [1.82, 2.24) is 15.0 Å². The largest absolute Gasteiger partial charge is 0.361 e. The number of rotatable bonds is 12. The van der Waals surface area contributed by atoms with Crippen LogP contribution < -0.4 is 10.2 Å². The van der Waals surface area contributed by atoms with Crippen LogP contribution in [-0.4, -0.2) is 48.7 Å². The molecule has 7 heteroatoms. The molecule has 126 valence electrons. The molecule has 0 unspecified atom stereocenters. The molecule has 0 radical (unpaired) electrons. The van der Waals surface area contributed by atoms with Crippen LogP contribution in [0.25, 0.3) is 0 Å². The molecule has 0 fully saturated rings. The van der Waals surface area contributed by atoms with Gasteiger partial charge >= 0.3 is 0 Å². The molecular formula is C15H29N5O2. The summed E-state index contributed by atoms with van der Waals surface area (Å²) in [5, 5.41) is 3.06. The lowest BCUT2D eigenvalue weighted by Crippen LogP contribution is -2.24. The highest BCUT2D eigenvalue weighted by molar-refractivity contribution is 5.35. The van der Waals surface area contributed by atoms with Crippen molar-refractivity contribution in [2.75, 3.05) is 43.9 Å². The van der Waals surface area contributed by atoms with E-state index >= 15 is 0 Å². The van der Waals surface area contributed by atoms with E-state index in [1.165, 1.54) is 0 Å². The van der Waals surface area contributed by atoms with Crippen LogP contribution in [0.15, 0.2) is 0 Å². The summed E-state index contributed by atoms with van der Waals surface area (Å²) < 4.78 is 11.0. The summed E-state index contributed by atoms with van der Waals surface area (Å²) in [5.41, 5.74) is 0. The maximum absolute atomic E-state index is 5.58. The molecule has 1 heterocycles. The third kappa shape index (κ3) is 7.51. The molecule has 0 aliphatic carbocycles. The topological polar surface area (TPSA) is 72.4 Å². The predicted molar refractivity (Wildman–Crippen MR) is 88.0 cm³/mol. The third-order valence-corrected chi connectivity index (χ3v) is 2.98. The number of hydrogen-bond donors (Lipinski definition) is 1. The highest BCUT2D eigenvalue weighted by atomic mass is 16.5. The molecule has 0 spiro atoms. The first kappa shape index (κ1) is 18.6. The van der Waals surface area contributed by atoms with Crippen molar-refractivity contribution in [3.05, 3.63) is 5.82 Å². The lowest BCUT2D eigenvalue weighted by atomic mass is 10.4. The first-order valence-electron chi connectivity index (χ1n) is 8.00. The fourth-order valence-corrected chi connectivity index (χ4v) is 1.66. The van der Waals surface area contributed by atoms with Gasteiger partial charge in [0.1, 0.15) is 19.3 Å². The summed E-state index contributed by atoms with van der Waals surface area (Å²) in [6.07, 6.45) is 4.37. The molecular weight excluding hydrogens is 282 g/mol. The second-order valence-electron chi connectivity index (χ2n) is 5.18. The van der Waals surface area contributed by atoms with Crippen LogP contribution in [-0.2, 0) is 9.47 Å². The summed E-state index contributed by atoms with van der Waals surface area (Å²) >= 11 is 0. The van der Waals surface area contributed by atoms with E-state index < -0.39 is 0 Å². The molecule has 22 heavy (non-hydrogen) atoms. The number of ether oxygens (including phenoxy) is 2. The van der Waals surface area contributed by atoms with Gasteiger partial charge in [-0.25, -0.2) is 0 Å². The molecule has 1 aromatic rings. The summed E-state index contributed by atoms with van der Waals surface area (Å²) in [7, 11) is 1.91. The number of anilines is 2. The smallest absolute Gasteiger partial charge is 0.231 e. The number of nitrogens with zero attached hydrogens (tertiary/aromatic N) is 4. The van der Waals surface area contributed by atoms with Crippen LogP contribution in [0.5, 0.6) is 0 Å². The second kappa shape index (κ2) is 11.1. The summed E-state index contributed by atoms with van der Waals surface area (Å²) in [6, 6.07) is 0. The van der Waals surface area contributed by atoms with Crippen LogP contribution in [0.1, 0.15) is 45.4 Å². The van der Waals surface area contributed by atoms with Gasteiger partial charge in [0.05, 0.1) is 0 Å². The lowest BCUT2D eigenvalue weighted by molar-refractivity contribution is 0.133. The van der Waals surface area contributed by atoms with Gasteiger partial charge in [0.2, 0.25) is 11.9 Å². The van der Waals surface area contributed by atoms with Crippen molar-refractivity contribution in [2.24, 2.45) is 0 Å². The van der Waals surface area contributed by atoms with Gasteiger partial charge < -0.3 is 19.7 Å². The summed E-state index contributed by atoms with van der Waals surface area (Å²) in [5.74, 6) is 1.79. The Labute approximate surface area is 133 Å². The SMILES string of the molecule is CCCCOCNc1nc(C)nc(N(C)COCCCC)n1. The highest BCUT2D eigenvalue weighted by Crippen LogP contribution is 2.09. The standard InChI is InChI=1S/C15H29N5O2/c1-5-7-9-21-11-16-14-17-13(3)18-15(19-14)20(4)12-22-10-8-6-2/h5-12H2,1-4H3,(H,16,17,18,19). The molecule has 0 bridgehead atoms. The average molecular weight is 311 g/mol. The second-order valence-corrected chi connectivity index (χ2v) is 5.18. The zero-order valence-electron chi connectivity index (χ0n) is 14.3. The first-order valence-corrected chi connectivity index (χ1v) is 8.00. The fourth-order valence-electron chi connectivity index (χ4n) is 1.66. The van der Waals surface area contributed by atoms with E-state index in [1.807, 2.05) is 18.9 Å². The Hall–Kier alpha value is -1.47. The molecule has 0 saturated carbocycles. The predicted octanol–water partition coefficient (Wildman–Crippen LogP) is 2.58. The zero-order valence-corrected chi connectivity index (χ0v) is 14.3. The summed E-state index contributed by atoms with van der Waals surface area (Å²) in [4.78, 5) is 14.8. The highest BCUT2D eigenvalue weighted by Gasteiger charge is 2.08. The van der Waals surface area contributed by atoms with E-state index in [0.29, 0.717) is 31.2 Å².